The number of ether oxygens (including phenoxy) is 2. The summed E-state index contributed by atoms with van der Waals surface area (Å²) < 4.78 is 9.68. The van der Waals surface area contributed by atoms with Gasteiger partial charge in [-0.25, -0.2) is 0 Å². The lowest BCUT2D eigenvalue weighted by atomic mass is 10.2. The summed E-state index contributed by atoms with van der Waals surface area (Å²) >= 11 is 0. The van der Waals surface area contributed by atoms with Crippen molar-refractivity contribution < 1.29 is 14.3 Å². The van der Waals surface area contributed by atoms with Gasteiger partial charge >= 0.3 is 5.97 Å². The van der Waals surface area contributed by atoms with Gasteiger partial charge in [0.15, 0.2) is 0 Å². The van der Waals surface area contributed by atoms with Gasteiger partial charge in [0.2, 0.25) is 0 Å². The molecule has 13 heavy (non-hydrogen) atoms. The van der Waals surface area contributed by atoms with E-state index < -0.39 is 0 Å². The highest BCUT2D eigenvalue weighted by atomic mass is 16.6. The average Bonchev–Trinajstić information content (AvgIpc) is 2.13. The van der Waals surface area contributed by atoms with Crippen molar-refractivity contribution in [3.63, 3.8) is 0 Å². The third-order valence-electron chi connectivity index (χ3n) is 1.57. The van der Waals surface area contributed by atoms with Crippen LogP contribution < -0.4 is 0 Å². The largest absolute Gasteiger partial charge is 0.498 e. The molecule has 0 fully saturated rings. The molecule has 0 unspecified atom stereocenters. The maximum atomic E-state index is 11.0. The Hall–Kier alpha value is -0.990. The van der Waals surface area contributed by atoms with Gasteiger partial charge in [0, 0.05) is 6.42 Å². The first kappa shape index (κ1) is 12.0. The zero-order valence-corrected chi connectivity index (χ0v) is 8.25. The fourth-order valence-corrected chi connectivity index (χ4v) is 0.878. The molecule has 76 valence electrons. The fourth-order valence-electron chi connectivity index (χ4n) is 0.878. The minimum Gasteiger partial charge on any atom is -0.498 e. The van der Waals surface area contributed by atoms with Crippen LogP contribution in [0.2, 0.25) is 0 Å². The molecular formula is C10H18O3. The topological polar surface area (TPSA) is 35.5 Å². The van der Waals surface area contributed by atoms with Crippen LogP contribution in [-0.4, -0.2) is 19.2 Å². The van der Waals surface area contributed by atoms with Crippen molar-refractivity contribution in [1.82, 2.24) is 0 Å². The molecule has 0 saturated carbocycles. The molecule has 0 aliphatic heterocycles. The minimum atomic E-state index is -0.138. The van der Waals surface area contributed by atoms with Crippen LogP contribution in [0.1, 0.15) is 32.6 Å². The molecule has 0 bridgehead atoms. The molecule has 0 aliphatic carbocycles. The number of hydrogen-bond donors (Lipinski definition) is 0. The zero-order chi connectivity index (χ0) is 9.94. The van der Waals surface area contributed by atoms with Crippen LogP contribution in [0.3, 0.4) is 0 Å². The van der Waals surface area contributed by atoms with Crippen LogP contribution in [0.4, 0.5) is 0 Å². The normalized spacial score (nSPS) is 9.31. The van der Waals surface area contributed by atoms with Crippen molar-refractivity contribution in [2.24, 2.45) is 0 Å². The van der Waals surface area contributed by atoms with Gasteiger partial charge in [-0.1, -0.05) is 26.3 Å². The number of esters is 1. The summed E-state index contributed by atoms with van der Waals surface area (Å²) in [6, 6.07) is 0. The smallest absolute Gasteiger partial charge is 0.305 e. The first-order valence-electron chi connectivity index (χ1n) is 4.69. The standard InChI is InChI=1S/C10H18O3/c1-3-5-6-7-10(11)13-9-8-12-4-2/h4H,2-3,5-9H2,1H3. The lowest BCUT2D eigenvalue weighted by Crippen LogP contribution is -2.08. The second-order valence-corrected chi connectivity index (χ2v) is 2.72. The van der Waals surface area contributed by atoms with E-state index in [-0.39, 0.29) is 5.97 Å². The van der Waals surface area contributed by atoms with Gasteiger partial charge < -0.3 is 9.47 Å². The molecular weight excluding hydrogens is 168 g/mol. The summed E-state index contributed by atoms with van der Waals surface area (Å²) in [7, 11) is 0. The van der Waals surface area contributed by atoms with Crippen molar-refractivity contribution in [2.45, 2.75) is 32.6 Å². The Balaban J connectivity index is 3.15. The molecule has 0 amide bonds. The Bertz CT molecular complexity index is 143. The number of carbonyl (C=O) groups excluding carboxylic acids is 1. The molecule has 0 spiro atoms. The van der Waals surface area contributed by atoms with Crippen molar-refractivity contribution in [2.75, 3.05) is 13.2 Å². The first-order valence-corrected chi connectivity index (χ1v) is 4.69. The molecule has 0 aliphatic rings. The lowest BCUT2D eigenvalue weighted by molar-refractivity contribution is -0.144. The fraction of sp³-hybridized carbons (Fsp3) is 0.700. The molecule has 0 atom stereocenters. The Morgan fingerprint density at radius 2 is 2.15 bits per heavy atom. The van der Waals surface area contributed by atoms with Gasteiger partial charge in [-0.15, -0.1) is 0 Å². The average molecular weight is 186 g/mol. The predicted molar refractivity (Wildman–Crippen MR) is 51.3 cm³/mol. The van der Waals surface area contributed by atoms with Gasteiger partial charge in [-0.05, 0) is 6.42 Å². The highest BCUT2D eigenvalue weighted by molar-refractivity contribution is 5.69. The molecule has 0 aromatic heterocycles. The summed E-state index contributed by atoms with van der Waals surface area (Å²) in [4.78, 5) is 11.0. The van der Waals surface area contributed by atoms with Gasteiger partial charge in [-0.3, -0.25) is 4.79 Å². The van der Waals surface area contributed by atoms with Crippen molar-refractivity contribution in [3.8, 4) is 0 Å². The number of hydrogen-bond acceptors (Lipinski definition) is 3. The molecule has 3 heteroatoms. The lowest BCUT2D eigenvalue weighted by Gasteiger charge is -2.03. The maximum Gasteiger partial charge on any atom is 0.305 e. The third-order valence-corrected chi connectivity index (χ3v) is 1.57. The summed E-state index contributed by atoms with van der Waals surface area (Å²) in [5.41, 5.74) is 0. The molecule has 0 heterocycles. The van der Waals surface area contributed by atoms with Crippen LogP contribution in [-0.2, 0) is 14.3 Å². The van der Waals surface area contributed by atoms with Gasteiger partial charge in [0.1, 0.15) is 13.2 Å². The minimum absolute atomic E-state index is 0.138. The first-order chi connectivity index (χ1) is 6.31. The van der Waals surface area contributed by atoms with Crippen molar-refractivity contribution in [3.05, 3.63) is 12.8 Å². The van der Waals surface area contributed by atoms with E-state index in [9.17, 15) is 4.79 Å². The summed E-state index contributed by atoms with van der Waals surface area (Å²) in [6.07, 6.45) is 4.97. The van der Waals surface area contributed by atoms with E-state index in [1.165, 1.54) is 6.26 Å². The van der Waals surface area contributed by atoms with E-state index in [2.05, 4.69) is 13.5 Å². The summed E-state index contributed by atoms with van der Waals surface area (Å²) in [6.45, 7) is 6.18. The van der Waals surface area contributed by atoms with E-state index >= 15 is 0 Å². The van der Waals surface area contributed by atoms with Crippen molar-refractivity contribution >= 4 is 5.97 Å². The van der Waals surface area contributed by atoms with E-state index in [1.807, 2.05) is 0 Å². The Morgan fingerprint density at radius 1 is 1.38 bits per heavy atom. The molecule has 0 radical (unpaired) electrons. The Kier molecular flexibility index (Phi) is 8.41. The quantitative estimate of drug-likeness (QED) is 0.331. The molecule has 0 aromatic carbocycles. The second-order valence-electron chi connectivity index (χ2n) is 2.72. The molecule has 0 saturated heterocycles. The van der Waals surface area contributed by atoms with Gasteiger partial charge in [0.25, 0.3) is 0 Å². The van der Waals surface area contributed by atoms with Crippen molar-refractivity contribution in [1.29, 1.82) is 0 Å². The third kappa shape index (κ3) is 8.92. The number of carbonyl (C=O) groups is 1. The van der Waals surface area contributed by atoms with Gasteiger partial charge in [-0.2, -0.15) is 0 Å². The second kappa shape index (κ2) is 9.10. The van der Waals surface area contributed by atoms with Gasteiger partial charge in [0.05, 0.1) is 6.26 Å². The van der Waals surface area contributed by atoms with Crippen LogP contribution in [0.15, 0.2) is 12.8 Å². The Labute approximate surface area is 79.7 Å². The molecule has 0 rings (SSSR count). The molecule has 3 nitrogen and oxygen atoms in total. The number of unbranched alkanes of at least 4 members (excludes halogenated alkanes) is 2. The maximum absolute atomic E-state index is 11.0. The zero-order valence-electron chi connectivity index (χ0n) is 8.25. The highest BCUT2D eigenvalue weighted by Gasteiger charge is 2.00. The summed E-state index contributed by atoms with van der Waals surface area (Å²) in [5.74, 6) is -0.138. The van der Waals surface area contributed by atoms with E-state index in [4.69, 9.17) is 9.47 Å². The predicted octanol–water partition coefficient (Wildman–Crippen LogP) is 2.27. The van der Waals surface area contributed by atoms with Crippen LogP contribution >= 0.6 is 0 Å². The highest BCUT2D eigenvalue weighted by Crippen LogP contribution is 2.00. The number of rotatable bonds is 8. The van der Waals surface area contributed by atoms with Crippen LogP contribution in [0, 0.1) is 0 Å². The SMILES string of the molecule is C=COCCOC(=O)CCCCC. The Morgan fingerprint density at radius 3 is 2.77 bits per heavy atom. The van der Waals surface area contributed by atoms with Crippen LogP contribution in [0.5, 0.6) is 0 Å². The van der Waals surface area contributed by atoms with E-state index in [1.54, 1.807) is 0 Å². The molecule has 0 aromatic rings. The monoisotopic (exact) mass is 186 g/mol. The van der Waals surface area contributed by atoms with E-state index in [0.717, 1.165) is 19.3 Å². The van der Waals surface area contributed by atoms with Crippen LogP contribution in [0.25, 0.3) is 0 Å². The molecule has 0 N–H and O–H groups in total. The summed E-state index contributed by atoms with van der Waals surface area (Å²) in [5, 5.41) is 0. The van der Waals surface area contributed by atoms with E-state index in [0.29, 0.717) is 19.6 Å².